The van der Waals surface area contributed by atoms with Gasteiger partial charge < -0.3 is 10.6 Å². The number of anilines is 1. The molecule has 1 fully saturated rings. The molecule has 6 heteroatoms. The van der Waals surface area contributed by atoms with E-state index in [1.165, 1.54) is 5.56 Å². The van der Waals surface area contributed by atoms with Crippen molar-refractivity contribution in [1.82, 2.24) is 5.32 Å². The molecule has 0 saturated carbocycles. The molecule has 1 aliphatic heterocycles. The number of aryl methyl sites for hydroxylation is 1. The second kappa shape index (κ2) is 6.47. The molecule has 0 aliphatic carbocycles. The quantitative estimate of drug-likeness (QED) is 0.859. The van der Waals surface area contributed by atoms with E-state index in [1.54, 1.807) is 0 Å². The fourth-order valence-corrected chi connectivity index (χ4v) is 4.33. The Morgan fingerprint density at radius 1 is 1.33 bits per heavy atom. The van der Waals surface area contributed by atoms with Gasteiger partial charge in [-0.1, -0.05) is 12.1 Å². The van der Waals surface area contributed by atoms with Crippen LogP contribution in [0.1, 0.15) is 17.5 Å². The number of hydrogen-bond acceptors (Lipinski definition) is 4. The molecule has 0 unspecified atom stereocenters. The van der Waals surface area contributed by atoms with Crippen LogP contribution in [0.25, 0.3) is 0 Å². The van der Waals surface area contributed by atoms with E-state index in [0.717, 1.165) is 11.3 Å². The molecule has 2 rings (SSSR count). The molecule has 1 atom stereocenters. The van der Waals surface area contributed by atoms with Crippen molar-refractivity contribution in [3.05, 3.63) is 29.3 Å². The smallest absolute Gasteiger partial charge is 0.239 e. The summed E-state index contributed by atoms with van der Waals surface area (Å²) in [6.45, 7) is 4.68. The van der Waals surface area contributed by atoms with Crippen LogP contribution in [0.2, 0.25) is 0 Å². The Morgan fingerprint density at radius 3 is 2.76 bits per heavy atom. The van der Waals surface area contributed by atoms with Gasteiger partial charge in [0.15, 0.2) is 9.84 Å². The van der Waals surface area contributed by atoms with E-state index < -0.39 is 9.84 Å². The van der Waals surface area contributed by atoms with E-state index in [0.29, 0.717) is 13.0 Å². The Kier molecular flexibility index (Phi) is 4.88. The number of amides is 1. The molecule has 1 saturated heterocycles. The molecule has 1 aromatic rings. The predicted octanol–water partition coefficient (Wildman–Crippen LogP) is 1.27. The summed E-state index contributed by atoms with van der Waals surface area (Å²) in [5, 5.41) is 5.92. The minimum atomic E-state index is -2.88. The van der Waals surface area contributed by atoms with Crippen LogP contribution in [0.15, 0.2) is 18.2 Å². The number of benzene rings is 1. The van der Waals surface area contributed by atoms with Gasteiger partial charge in [-0.2, -0.15) is 0 Å². The van der Waals surface area contributed by atoms with Crippen LogP contribution >= 0.6 is 0 Å². The van der Waals surface area contributed by atoms with E-state index >= 15 is 0 Å². The SMILES string of the molecule is Cc1cccc(NCC(=O)NC[C@@H]2CCS(=O)(=O)C2)c1C. The van der Waals surface area contributed by atoms with Gasteiger partial charge in [-0.3, -0.25) is 4.79 Å². The third-order valence-electron chi connectivity index (χ3n) is 3.96. The maximum absolute atomic E-state index is 11.8. The molecule has 116 valence electrons. The lowest BCUT2D eigenvalue weighted by molar-refractivity contribution is -0.119. The van der Waals surface area contributed by atoms with Gasteiger partial charge in [-0.25, -0.2) is 8.42 Å². The Bertz CT molecular complexity index is 626. The van der Waals surface area contributed by atoms with Gasteiger partial charge in [0.1, 0.15) is 0 Å². The Hall–Kier alpha value is -1.56. The van der Waals surface area contributed by atoms with Crippen molar-refractivity contribution < 1.29 is 13.2 Å². The van der Waals surface area contributed by atoms with Crippen molar-refractivity contribution in [2.45, 2.75) is 20.3 Å². The van der Waals surface area contributed by atoms with Gasteiger partial charge in [0.05, 0.1) is 18.1 Å². The maximum Gasteiger partial charge on any atom is 0.239 e. The van der Waals surface area contributed by atoms with Crippen LogP contribution in [0.5, 0.6) is 0 Å². The van der Waals surface area contributed by atoms with Gasteiger partial charge in [0, 0.05) is 12.2 Å². The Morgan fingerprint density at radius 2 is 2.10 bits per heavy atom. The van der Waals surface area contributed by atoms with Crippen molar-refractivity contribution in [3.63, 3.8) is 0 Å². The van der Waals surface area contributed by atoms with Gasteiger partial charge >= 0.3 is 0 Å². The predicted molar refractivity (Wildman–Crippen MR) is 84.2 cm³/mol. The molecule has 0 bridgehead atoms. The molecule has 0 spiro atoms. The second-order valence-corrected chi connectivity index (χ2v) is 7.90. The first-order valence-electron chi connectivity index (χ1n) is 7.14. The average Bonchev–Trinajstić information content (AvgIpc) is 2.78. The molecule has 21 heavy (non-hydrogen) atoms. The lowest BCUT2D eigenvalue weighted by Gasteiger charge is -2.13. The molecule has 5 nitrogen and oxygen atoms in total. The van der Waals surface area contributed by atoms with Crippen molar-refractivity contribution >= 4 is 21.4 Å². The summed E-state index contributed by atoms with van der Waals surface area (Å²) in [6.07, 6.45) is 0.646. The molecule has 1 heterocycles. The summed E-state index contributed by atoms with van der Waals surface area (Å²) in [4.78, 5) is 11.8. The van der Waals surface area contributed by atoms with E-state index in [1.807, 2.05) is 32.0 Å². The zero-order chi connectivity index (χ0) is 15.5. The van der Waals surface area contributed by atoms with Crippen LogP contribution < -0.4 is 10.6 Å². The monoisotopic (exact) mass is 310 g/mol. The van der Waals surface area contributed by atoms with E-state index in [4.69, 9.17) is 0 Å². The molecular formula is C15H22N2O3S. The molecule has 0 radical (unpaired) electrons. The normalized spacial score (nSPS) is 20.2. The first kappa shape index (κ1) is 15.8. The standard InChI is InChI=1S/C15H22N2O3S/c1-11-4-3-5-14(12(11)2)16-9-15(18)17-8-13-6-7-21(19,20)10-13/h3-5,13,16H,6-10H2,1-2H3,(H,17,18)/t13-/m0/s1. The van der Waals surface area contributed by atoms with Gasteiger partial charge in [-0.05, 0) is 43.4 Å². The number of sulfone groups is 1. The fourth-order valence-electron chi connectivity index (χ4n) is 2.47. The molecule has 2 N–H and O–H groups in total. The van der Waals surface area contributed by atoms with Crippen LogP contribution in [0, 0.1) is 19.8 Å². The summed E-state index contributed by atoms with van der Waals surface area (Å²) >= 11 is 0. The number of hydrogen-bond donors (Lipinski definition) is 2. The minimum absolute atomic E-state index is 0.0552. The first-order valence-corrected chi connectivity index (χ1v) is 8.97. The van der Waals surface area contributed by atoms with Crippen LogP contribution in [0.3, 0.4) is 0 Å². The Balaban J connectivity index is 1.77. The molecule has 1 aliphatic rings. The lowest BCUT2D eigenvalue weighted by Crippen LogP contribution is -2.34. The highest BCUT2D eigenvalue weighted by molar-refractivity contribution is 7.91. The molecule has 1 aromatic carbocycles. The lowest BCUT2D eigenvalue weighted by atomic mass is 10.1. The second-order valence-electron chi connectivity index (χ2n) is 5.67. The maximum atomic E-state index is 11.8. The van der Waals surface area contributed by atoms with Crippen LogP contribution in [0.4, 0.5) is 5.69 Å². The number of rotatable bonds is 5. The van der Waals surface area contributed by atoms with Gasteiger partial charge in [-0.15, -0.1) is 0 Å². The van der Waals surface area contributed by atoms with Gasteiger partial charge in [0.2, 0.25) is 5.91 Å². The summed E-state index contributed by atoms with van der Waals surface area (Å²) in [7, 11) is -2.88. The van der Waals surface area contributed by atoms with E-state index in [2.05, 4.69) is 10.6 Å². The first-order chi connectivity index (χ1) is 9.87. The van der Waals surface area contributed by atoms with Crippen molar-refractivity contribution in [3.8, 4) is 0 Å². The number of nitrogens with one attached hydrogen (secondary N) is 2. The van der Waals surface area contributed by atoms with Crippen LogP contribution in [-0.2, 0) is 14.6 Å². The zero-order valence-electron chi connectivity index (χ0n) is 12.5. The third-order valence-corrected chi connectivity index (χ3v) is 5.80. The average molecular weight is 310 g/mol. The van der Waals surface area contributed by atoms with Crippen molar-refractivity contribution in [2.24, 2.45) is 5.92 Å². The third kappa shape index (κ3) is 4.46. The Labute approximate surface area is 126 Å². The highest BCUT2D eigenvalue weighted by Crippen LogP contribution is 2.18. The number of carbonyl (C=O) groups excluding carboxylic acids is 1. The van der Waals surface area contributed by atoms with E-state index in [-0.39, 0.29) is 29.9 Å². The van der Waals surface area contributed by atoms with Crippen molar-refractivity contribution in [2.75, 3.05) is 29.9 Å². The number of carbonyl (C=O) groups is 1. The van der Waals surface area contributed by atoms with Gasteiger partial charge in [0.25, 0.3) is 0 Å². The molecule has 1 amide bonds. The zero-order valence-corrected chi connectivity index (χ0v) is 13.3. The van der Waals surface area contributed by atoms with E-state index in [9.17, 15) is 13.2 Å². The topological polar surface area (TPSA) is 75.3 Å². The summed E-state index contributed by atoms with van der Waals surface area (Å²) in [5.74, 6) is 0.381. The summed E-state index contributed by atoms with van der Waals surface area (Å²) in [6, 6.07) is 5.92. The summed E-state index contributed by atoms with van der Waals surface area (Å²) < 4.78 is 22.7. The summed E-state index contributed by atoms with van der Waals surface area (Å²) in [5.41, 5.74) is 3.26. The molecule has 0 aromatic heterocycles. The fraction of sp³-hybridized carbons (Fsp3) is 0.533. The highest BCUT2D eigenvalue weighted by atomic mass is 32.2. The molecular weight excluding hydrogens is 288 g/mol. The highest BCUT2D eigenvalue weighted by Gasteiger charge is 2.27. The van der Waals surface area contributed by atoms with Crippen LogP contribution in [-0.4, -0.2) is 38.9 Å². The minimum Gasteiger partial charge on any atom is -0.376 e. The largest absolute Gasteiger partial charge is 0.376 e. The van der Waals surface area contributed by atoms with Crippen molar-refractivity contribution in [1.29, 1.82) is 0 Å².